The summed E-state index contributed by atoms with van der Waals surface area (Å²) in [7, 11) is 0. The highest BCUT2D eigenvalue weighted by Crippen LogP contribution is 2.34. The van der Waals surface area contributed by atoms with Crippen molar-refractivity contribution in [1.29, 1.82) is 0 Å². The van der Waals surface area contributed by atoms with E-state index in [0.29, 0.717) is 10.0 Å². The Morgan fingerprint density at radius 3 is 2.28 bits per heavy atom. The predicted molar refractivity (Wildman–Crippen MR) is 71.2 cm³/mol. The minimum absolute atomic E-state index is 0.132. The Balaban J connectivity index is 2.47. The second-order valence-electron chi connectivity index (χ2n) is 3.73. The third-order valence-corrected chi connectivity index (χ3v) is 3.89. The molecule has 0 aliphatic rings. The van der Waals surface area contributed by atoms with E-state index < -0.39 is 22.3 Å². The average Bonchev–Trinajstić information content (AvgIpc) is 2.30. The van der Waals surface area contributed by atoms with Gasteiger partial charge in [-0.15, -0.1) is 0 Å². The van der Waals surface area contributed by atoms with Crippen LogP contribution in [-0.2, 0) is 0 Å². The first kappa shape index (κ1) is 13.6. The van der Waals surface area contributed by atoms with E-state index in [1.165, 1.54) is 12.1 Å². The maximum atomic E-state index is 13.6. The Morgan fingerprint density at radius 1 is 0.889 bits per heavy atom. The summed E-state index contributed by atoms with van der Waals surface area (Å²) >= 11 is 6.41. The molecule has 2 aromatic carbocycles. The van der Waals surface area contributed by atoms with E-state index in [0.717, 1.165) is 18.2 Å². The largest absolute Gasteiger partial charge is 0.207 e. The Bertz CT molecular complexity index is 564. The normalized spacial score (nSPS) is 12.5. The molecule has 0 aliphatic heterocycles. The summed E-state index contributed by atoms with van der Waals surface area (Å²) in [6.45, 7) is 0. The lowest BCUT2D eigenvalue weighted by atomic mass is 10.0. The van der Waals surface area contributed by atoms with Crippen molar-refractivity contribution in [2.24, 2.45) is 0 Å². The lowest BCUT2D eigenvalue weighted by molar-refractivity contribution is 0.587. The lowest BCUT2D eigenvalue weighted by Crippen LogP contribution is -1.98. The molecule has 5 heteroatoms. The molecule has 0 aliphatic carbocycles. The number of hydrogen-bond acceptors (Lipinski definition) is 0. The van der Waals surface area contributed by atoms with Crippen LogP contribution in [0.2, 0.25) is 0 Å². The predicted octanol–water partition coefficient (Wildman–Crippen LogP) is 5.35. The van der Waals surface area contributed by atoms with E-state index in [2.05, 4.69) is 31.9 Å². The third kappa shape index (κ3) is 2.95. The molecule has 0 aromatic heterocycles. The van der Waals surface area contributed by atoms with E-state index in [-0.39, 0.29) is 5.56 Å². The summed E-state index contributed by atoms with van der Waals surface area (Å²) in [5.41, 5.74) is 0.638. The standard InChI is InChI=1S/C13H7Br2F3/c14-8-3-7(4-10(17)5-8)13(15)11-6-9(16)1-2-12(11)18/h1-6,13H. The zero-order chi connectivity index (χ0) is 13.3. The van der Waals surface area contributed by atoms with E-state index >= 15 is 0 Å². The first-order chi connectivity index (χ1) is 8.47. The Morgan fingerprint density at radius 2 is 1.61 bits per heavy atom. The average molecular weight is 380 g/mol. The van der Waals surface area contributed by atoms with Crippen molar-refractivity contribution in [3.05, 3.63) is 69.4 Å². The van der Waals surface area contributed by atoms with Gasteiger partial charge in [-0.3, -0.25) is 0 Å². The molecular formula is C13H7Br2F3. The molecule has 94 valence electrons. The van der Waals surface area contributed by atoms with E-state index in [4.69, 9.17) is 0 Å². The molecule has 0 saturated carbocycles. The first-order valence-electron chi connectivity index (χ1n) is 5.02. The molecule has 18 heavy (non-hydrogen) atoms. The monoisotopic (exact) mass is 378 g/mol. The smallest absolute Gasteiger partial charge is 0.128 e. The van der Waals surface area contributed by atoms with Crippen LogP contribution in [0.4, 0.5) is 13.2 Å². The molecule has 0 fully saturated rings. The molecule has 2 aromatic rings. The van der Waals surface area contributed by atoms with Gasteiger partial charge in [0.2, 0.25) is 0 Å². The molecule has 1 atom stereocenters. The molecule has 0 spiro atoms. The van der Waals surface area contributed by atoms with Gasteiger partial charge in [0.25, 0.3) is 0 Å². The fourth-order valence-electron chi connectivity index (χ4n) is 1.61. The molecule has 0 N–H and O–H groups in total. The fraction of sp³-hybridized carbons (Fsp3) is 0.0769. The van der Waals surface area contributed by atoms with Gasteiger partial charge in [-0.25, -0.2) is 13.2 Å². The van der Waals surface area contributed by atoms with E-state index in [1.54, 1.807) is 6.07 Å². The van der Waals surface area contributed by atoms with Gasteiger partial charge in [0.05, 0.1) is 4.83 Å². The first-order valence-corrected chi connectivity index (χ1v) is 6.73. The highest BCUT2D eigenvalue weighted by molar-refractivity contribution is 9.10. The van der Waals surface area contributed by atoms with Gasteiger partial charge >= 0.3 is 0 Å². The van der Waals surface area contributed by atoms with Crippen molar-refractivity contribution >= 4 is 31.9 Å². The number of halogens is 5. The summed E-state index contributed by atoms with van der Waals surface area (Å²) in [4.78, 5) is -0.611. The number of hydrogen-bond donors (Lipinski definition) is 0. The van der Waals surface area contributed by atoms with Crippen LogP contribution >= 0.6 is 31.9 Å². The molecule has 1 unspecified atom stereocenters. The summed E-state index contributed by atoms with van der Waals surface area (Å²) in [5.74, 6) is -1.52. The Kier molecular flexibility index (Phi) is 4.12. The van der Waals surface area contributed by atoms with Gasteiger partial charge in [-0.2, -0.15) is 0 Å². The summed E-state index contributed by atoms with van der Waals surface area (Å²) in [5, 5.41) is 0. The Hall–Kier alpha value is -0.810. The second-order valence-corrected chi connectivity index (χ2v) is 5.56. The van der Waals surface area contributed by atoms with Crippen molar-refractivity contribution in [2.45, 2.75) is 4.83 Å². The Labute approximate surface area is 119 Å². The van der Waals surface area contributed by atoms with Crippen LogP contribution in [0.5, 0.6) is 0 Å². The van der Waals surface area contributed by atoms with Crippen molar-refractivity contribution < 1.29 is 13.2 Å². The summed E-state index contributed by atoms with van der Waals surface area (Å²) in [6, 6.07) is 7.40. The van der Waals surface area contributed by atoms with Gasteiger partial charge in [0.15, 0.2) is 0 Å². The van der Waals surface area contributed by atoms with Gasteiger partial charge in [-0.05, 0) is 42.0 Å². The minimum Gasteiger partial charge on any atom is -0.207 e. The van der Waals surface area contributed by atoms with Gasteiger partial charge in [0, 0.05) is 10.0 Å². The highest BCUT2D eigenvalue weighted by atomic mass is 79.9. The molecular weight excluding hydrogens is 373 g/mol. The maximum absolute atomic E-state index is 13.6. The van der Waals surface area contributed by atoms with Crippen molar-refractivity contribution in [3.8, 4) is 0 Å². The molecule has 0 radical (unpaired) electrons. The van der Waals surface area contributed by atoms with E-state index in [9.17, 15) is 13.2 Å². The quantitative estimate of drug-likeness (QED) is 0.617. The van der Waals surface area contributed by atoms with Crippen molar-refractivity contribution in [1.82, 2.24) is 0 Å². The zero-order valence-electron chi connectivity index (χ0n) is 8.93. The van der Waals surface area contributed by atoms with Crippen LogP contribution in [0, 0.1) is 17.5 Å². The lowest BCUT2D eigenvalue weighted by Gasteiger charge is -2.12. The SMILES string of the molecule is Fc1cc(Br)cc(C(Br)c2cc(F)ccc2F)c1. The van der Waals surface area contributed by atoms with E-state index in [1.807, 2.05) is 0 Å². The van der Waals surface area contributed by atoms with Crippen LogP contribution in [0.25, 0.3) is 0 Å². The highest BCUT2D eigenvalue weighted by Gasteiger charge is 2.17. The molecule has 2 rings (SSSR count). The van der Waals surface area contributed by atoms with Crippen LogP contribution in [0.15, 0.2) is 40.9 Å². The van der Waals surface area contributed by atoms with Crippen LogP contribution in [-0.4, -0.2) is 0 Å². The van der Waals surface area contributed by atoms with Gasteiger partial charge in [0.1, 0.15) is 17.5 Å². The van der Waals surface area contributed by atoms with Gasteiger partial charge < -0.3 is 0 Å². The molecule has 0 nitrogen and oxygen atoms in total. The molecule has 0 saturated heterocycles. The molecule has 0 amide bonds. The van der Waals surface area contributed by atoms with Crippen LogP contribution in [0.3, 0.4) is 0 Å². The zero-order valence-corrected chi connectivity index (χ0v) is 12.1. The van der Waals surface area contributed by atoms with Crippen LogP contribution < -0.4 is 0 Å². The van der Waals surface area contributed by atoms with Crippen LogP contribution in [0.1, 0.15) is 16.0 Å². The number of benzene rings is 2. The number of rotatable bonds is 2. The summed E-state index contributed by atoms with van der Waals surface area (Å²) < 4.78 is 40.5. The number of alkyl halides is 1. The summed E-state index contributed by atoms with van der Waals surface area (Å²) in [6.07, 6.45) is 0. The van der Waals surface area contributed by atoms with Gasteiger partial charge in [-0.1, -0.05) is 31.9 Å². The molecule has 0 bridgehead atoms. The van der Waals surface area contributed by atoms with Crippen molar-refractivity contribution in [2.75, 3.05) is 0 Å². The maximum Gasteiger partial charge on any atom is 0.128 e. The second kappa shape index (κ2) is 5.45. The third-order valence-electron chi connectivity index (χ3n) is 2.41. The van der Waals surface area contributed by atoms with Crippen molar-refractivity contribution in [3.63, 3.8) is 0 Å². The topological polar surface area (TPSA) is 0 Å². The minimum atomic E-state index is -0.611. The fourth-order valence-corrected chi connectivity index (χ4v) is 2.71. The molecule has 0 heterocycles.